The summed E-state index contributed by atoms with van der Waals surface area (Å²) in [7, 11) is 0. The van der Waals surface area contributed by atoms with Gasteiger partial charge in [-0.1, -0.05) is 48.5 Å². The maximum absolute atomic E-state index is 12.8. The van der Waals surface area contributed by atoms with Gasteiger partial charge >= 0.3 is 5.63 Å². The van der Waals surface area contributed by atoms with Gasteiger partial charge in [-0.05, 0) is 25.1 Å². The van der Waals surface area contributed by atoms with Crippen molar-refractivity contribution in [2.75, 3.05) is 5.01 Å². The van der Waals surface area contributed by atoms with Crippen molar-refractivity contribution in [2.45, 2.75) is 6.92 Å². The monoisotopic (exact) mass is 345 g/mol. The van der Waals surface area contributed by atoms with E-state index in [1.165, 1.54) is 11.1 Å². The van der Waals surface area contributed by atoms with E-state index in [-0.39, 0.29) is 5.91 Å². The summed E-state index contributed by atoms with van der Waals surface area (Å²) in [5.74, 6) is -0.284. The van der Waals surface area contributed by atoms with E-state index in [2.05, 4.69) is 10.3 Å². The minimum absolute atomic E-state index is 0.284. The lowest BCUT2D eigenvalue weighted by Gasteiger charge is -2.10. The molecule has 26 heavy (non-hydrogen) atoms. The number of hydrazone groups is 1. The van der Waals surface area contributed by atoms with Gasteiger partial charge < -0.3 is 4.52 Å². The lowest BCUT2D eigenvalue weighted by molar-refractivity contribution is -0.114. The third-order valence-corrected chi connectivity index (χ3v) is 4.15. The number of hydrogen-bond donors (Lipinski definition) is 1. The second kappa shape index (κ2) is 6.33. The second-order valence-corrected chi connectivity index (χ2v) is 5.84. The van der Waals surface area contributed by atoms with Gasteiger partial charge in [0, 0.05) is 5.56 Å². The normalized spacial score (nSPS) is 15.6. The minimum atomic E-state index is -0.532. The minimum Gasteiger partial charge on any atom is -0.338 e. The number of nitrogens with zero attached hydrogens (tertiary/aromatic N) is 2. The van der Waals surface area contributed by atoms with E-state index in [0.717, 1.165) is 5.56 Å². The number of aromatic amines is 1. The summed E-state index contributed by atoms with van der Waals surface area (Å²) < 4.78 is 4.95. The van der Waals surface area contributed by atoms with E-state index in [0.29, 0.717) is 28.2 Å². The Morgan fingerprint density at radius 1 is 1.00 bits per heavy atom. The quantitative estimate of drug-likeness (QED) is 0.739. The summed E-state index contributed by atoms with van der Waals surface area (Å²) in [6.45, 7) is 1.74. The third kappa shape index (κ3) is 2.67. The van der Waals surface area contributed by atoms with Crippen molar-refractivity contribution >= 4 is 23.4 Å². The van der Waals surface area contributed by atoms with Crippen molar-refractivity contribution < 1.29 is 9.32 Å². The van der Waals surface area contributed by atoms with Crippen LogP contribution < -0.4 is 10.6 Å². The van der Waals surface area contributed by atoms with E-state index < -0.39 is 5.63 Å². The molecule has 0 spiro atoms. The Balaban J connectivity index is 1.77. The first kappa shape index (κ1) is 15.8. The molecule has 6 nitrogen and oxygen atoms in total. The van der Waals surface area contributed by atoms with Crippen LogP contribution in [-0.2, 0) is 4.79 Å². The van der Waals surface area contributed by atoms with Crippen LogP contribution in [0.3, 0.4) is 0 Å². The number of nitrogens with one attached hydrogen (secondary N) is 1. The van der Waals surface area contributed by atoms with Gasteiger partial charge in [-0.3, -0.25) is 4.79 Å². The number of hydrogen-bond acceptors (Lipinski definition) is 4. The van der Waals surface area contributed by atoms with Crippen molar-refractivity contribution in [3.05, 3.63) is 82.2 Å². The molecule has 0 saturated heterocycles. The number of carbonyl (C=O) groups excluding carboxylic acids is 1. The molecule has 0 radical (unpaired) electrons. The number of aromatic nitrogens is 1. The molecule has 1 N–H and O–H groups in total. The largest absolute Gasteiger partial charge is 0.365 e. The first-order valence-corrected chi connectivity index (χ1v) is 8.09. The highest BCUT2D eigenvalue weighted by molar-refractivity contribution is 6.32. The molecule has 0 bridgehead atoms. The smallest absolute Gasteiger partial charge is 0.338 e. The standard InChI is InChI=1S/C20H15N3O3/c1-13-16(19(24)23(21-13)15-10-6-3-7-11-15)12-17-18(22-26-20(17)25)14-8-4-2-5-9-14/h2-12,22H,1H3. The first-order valence-electron chi connectivity index (χ1n) is 8.09. The SMILES string of the molecule is CC1=NN(c2ccccc2)C(=O)C1=Cc1c(-c2ccccc2)[nH]oc1=O. The van der Waals surface area contributed by atoms with Gasteiger partial charge in [-0.2, -0.15) is 10.1 Å². The topological polar surface area (TPSA) is 78.7 Å². The van der Waals surface area contributed by atoms with Crippen LogP contribution in [0.1, 0.15) is 12.5 Å². The summed E-state index contributed by atoms with van der Waals surface area (Å²) in [5.41, 5.74) is 2.66. The molecule has 3 aromatic rings. The Bertz CT molecular complexity index is 1080. The lowest BCUT2D eigenvalue weighted by Crippen LogP contribution is -2.21. The molecule has 128 valence electrons. The molecule has 1 aromatic heterocycles. The molecule has 1 aliphatic heterocycles. The van der Waals surface area contributed by atoms with Gasteiger partial charge in [0.05, 0.1) is 28.2 Å². The average Bonchev–Trinajstić information content (AvgIpc) is 3.18. The Hall–Kier alpha value is -3.67. The Labute approximate surface area is 149 Å². The summed E-state index contributed by atoms with van der Waals surface area (Å²) in [5, 5.41) is 8.29. The maximum Gasteiger partial charge on any atom is 0.365 e. The predicted molar refractivity (Wildman–Crippen MR) is 99.8 cm³/mol. The van der Waals surface area contributed by atoms with Crippen LogP contribution in [0.15, 0.2) is 80.7 Å². The number of rotatable bonds is 3. The van der Waals surface area contributed by atoms with E-state index in [9.17, 15) is 9.59 Å². The molecular formula is C20H15N3O3. The molecule has 2 aromatic carbocycles. The van der Waals surface area contributed by atoms with E-state index in [4.69, 9.17) is 4.52 Å². The summed E-state index contributed by atoms with van der Waals surface area (Å²) >= 11 is 0. The summed E-state index contributed by atoms with van der Waals surface area (Å²) in [4.78, 5) is 25.0. The molecule has 6 heteroatoms. The fourth-order valence-electron chi connectivity index (χ4n) is 2.83. The van der Waals surface area contributed by atoms with Crippen LogP contribution in [0.5, 0.6) is 0 Å². The van der Waals surface area contributed by atoms with Crippen LogP contribution in [0, 0.1) is 0 Å². The van der Waals surface area contributed by atoms with Crippen LogP contribution in [-0.4, -0.2) is 16.8 Å². The maximum atomic E-state index is 12.8. The molecule has 2 heterocycles. The summed E-state index contributed by atoms with van der Waals surface area (Å²) in [6.07, 6.45) is 1.54. The Kier molecular flexibility index (Phi) is 3.85. The first-order chi connectivity index (χ1) is 12.6. The molecule has 1 aliphatic rings. The number of para-hydroxylation sites is 1. The van der Waals surface area contributed by atoms with Crippen LogP contribution in [0.25, 0.3) is 17.3 Å². The molecule has 1 amide bonds. The molecule has 0 saturated carbocycles. The van der Waals surface area contributed by atoms with Crippen molar-refractivity contribution in [3.8, 4) is 11.3 Å². The number of carbonyl (C=O) groups is 1. The molecule has 0 aliphatic carbocycles. The molecule has 0 unspecified atom stereocenters. The lowest BCUT2D eigenvalue weighted by atomic mass is 10.0. The van der Waals surface area contributed by atoms with Gasteiger partial charge in [0.1, 0.15) is 0 Å². The highest BCUT2D eigenvalue weighted by Crippen LogP contribution is 2.26. The van der Waals surface area contributed by atoms with Crippen molar-refractivity contribution in [2.24, 2.45) is 5.10 Å². The number of benzene rings is 2. The number of amides is 1. The zero-order valence-electron chi connectivity index (χ0n) is 14.0. The highest BCUT2D eigenvalue weighted by atomic mass is 16.5. The zero-order valence-corrected chi connectivity index (χ0v) is 14.0. The van der Waals surface area contributed by atoms with Gasteiger partial charge in [0.15, 0.2) is 0 Å². The highest BCUT2D eigenvalue weighted by Gasteiger charge is 2.29. The van der Waals surface area contributed by atoms with Crippen molar-refractivity contribution in [3.63, 3.8) is 0 Å². The van der Waals surface area contributed by atoms with Gasteiger partial charge in [-0.15, -0.1) is 0 Å². The fourth-order valence-corrected chi connectivity index (χ4v) is 2.83. The fraction of sp³-hybridized carbons (Fsp3) is 0.0500. The molecule has 0 atom stereocenters. The second-order valence-electron chi connectivity index (χ2n) is 5.84. The Morgan fingerprint density at radius 3 is 2.35 bits per heavy atom. The van der Waals surface area contributed by atoms with Gasteiger partial charge in [0.2, 0.25) is 0 Å². The van der Waals surface area contributed by atoms with Crippen LogP contribution >= 0.6 is 0 Å². The summed E-state index contributed by atoms with van der Waals surface area (Å²) in [6, 6.07) is 18.5. The molecular weight excluding hydrogens is 330 g/mol. The van der Waals surface area contributed by atoms with E-state index in [1.54, 1.807) is 19.1 Å². The van der Waals surface area contributed by atoms with Crippen molar-refractivity contribution in [1.82, 2.24) is 5.16 Å². The molecule has 0 fully saturated rings. The zero-order chi connectivity index (χ0) is 18.1. The molecule has 4 rings (SSSR count). The number of anilines is 1. The third-order valence-electron chi connectivity index (χ3n) is 4.15. The number of H-pyrrole nitrogens is 1. The van der Waals surface area contributed by atoms with Gasteiger partial charge in [0.25, 0.3) is 5.91 Å². The Morgan fingerprint density at radius 2 is 1.65 bits per heavy atom. The van der Waals surface area contributed by atoms with E-state index in [1.807, 2.05) is 48.5 Å². The van der Waals surface area contributed by atoms with Crippen molar-refractivity contribution in [1.29, 1.82) is 0 Å². The average molecular weight is 345 g/mol. The predicted octanol–water partition coefficient (Wildman–Crippen LogP) is 3.44. The van der Waals surface area contributed by atoms with Crippen LogP contribution in [0.2, 0.25) is 0 Å². The van der Waals surface area contributed by atoms with Crippen LogP contribution in [0.4, 0.5) is 5.69 Å². The van der Waals surface area contributed by atoms with Gasteiger partial charge in [-0.25, -0.2) is 9.95 Å². The van der Waals surface area contributed by atoms with E-state index >= 15 is 0 Å².